The summed E-state index contributed by atoms with van der Waals surface area (Å²) in [5, 5.41) is 35.6. The van der Waals surface area contributed by atoms with Gasteiger partial charge in [0.15, 0.2) is 29.8 Å². The topological polar surface area (TPSA) is 246 Å². The number of hydrogen-bond acceptors (Lipinski definition) is 12. The van der Waals surface area contributed by atoms with Gasteiger partial charge in [-0.05, 0) is 26.0 Å². The lowest BCUT2D eigenvalue weighted by Gasteiger charge is -2.50. The predicted molar refractivity (Wildman–Crippen MR) is 187 cm³/mol. The fraction of sp³-hybridized carbons (Fsp3) is 0.250. The van der Waals surface area contributed by atoms with Gasteiger partial charge in [-0.1, -0.05) is 40.2 Å². The maximum Gasteiger partial charge on any atom is 0.350 e. The summed E-state index contributed by atoms with van der Waals surface area (Å²) < 4.78 is 18.3. The molecule has 1 aromatic carbocycles. The SMILES string of the molecule is CC(C)(ON=C(C(=O)N[C@@H]1C(=O)N2C(C(=O)[O-])=C(C[n+]3ccc4ccn(Cc5ccc(C(=N)N)cc5F)c4c3)CS[C@H]12)c1nc(N)sc1Cl)C(=O)O. The average Bonchev–Trinajstić information content (AvgIpc) is 3.64. The molecule has 20 heteroatoms. The zero-order valence-electron chi connectivity index (χ0n) is 27.3. The fourth-order valence-electron chi connectivity index (χ4n) is 5.51. The molecule has 2 aliphatic heterocycles. The van der Waals surface area contributed by atoms with Gasteiger partial charge in [0.25, 0.3) is 11.8 Å². The summed E-state index contributed by atoms with van der Waals surface area (Å²) in [4.78, 5) is 61.1. The highest BCUT2D eigenvalue weighted by Gasteiger charge is 2.53. The van der Waals surface area contributed by atoms with Gasteiger partial charge in [-0.25, -0.2) is 14.2 Å². The molecule has 0 unspecified atom stereocenters. The Labute approximate surface area is 307 Å². The first-order valence-electron chi connectivity index (χ1n) is 15.3. The zero-order chi connectivity index (χ0) is 37.6. The number of carbonyl (C=O) groups excluding carboxylic acids is 3. The van der Waals surface area contributed by atoms with Crippen LogP contribution in [0.25, 0.3) is 10.9 Å². The molecule has 2 atom stereocenters. The molecular formula is C32H29ClFN9O7S2. The number of amides is 2. The van der Waals surface area contributed by atoms with Crippen molar-refractivity contribution < 1.29 is 43.2 Å². The van der Waals surface area contributed by atoms with E-state index in [0.29, 0.717) is 11.1 Å². The van der Waals surface area contributed by atoms with Crippen molar-refractivity contribution in [3.8, 4) is 0 Å². The zero-order valence-corrected chi connectivity index (χ0v) is 29.6. The van der Waals surface area contributed by atoms with E-state index < -0.39 is 52.3 Å². The van der Waals surface area contributed by atoms with Crippen LogP contribution in [-0.2, 0) is 37.1 Å². The Morgan fingerprint density at radius 3 is 2.69 bits per heavy atom. The molecule has 270 valence electrons. The molecule has 2 aliphatic rings. The summed E-state index contributed by atoms with van der Waals surface area (Å²) >= 11 is 8.25. The lowest BCUT2D eigenvalue weighted by atomic mass is 10.0. The quantitative estimate of drug-likeness (QED) is 0.0443. The van der Waals surface area contributed by atoms with Gasteiger partial charge in [0.1, 0.15) is 38.6 Å². The highest BCUT2D eigenvalue weighted by Crippen LogP contribution is 2.40. The van der Waals surface area contributed by atoms with Crippen LogP contribution in [0.1, 0.15) is 30.7 Å². The lowest BCUT2D eigenvalue weighted by molar-refractivity contribution is -0.687. The monoisotopic (exact) mass is 769 g/mol. The third-order valence-electron chi connectivity index (χ3n) is 8.30. The molecule has 0 radical (unpaired) electrons. The van der Waals surface area contributed by atoms with E-state index in [4.69, 9.17) is 33.3 Å². The molecule has 6 rings (SSSR count). The molecule has 0 saturated carbocycles. The summed E-state index contributed by atoms with van der Waals surface area (Å²) in [5.74, 6) is -5.27. The number of anilines is 1. The Morgan fingerprint density at radius 1 is 1.31 bits per heavy atom. The summed E-state index contributed by atoms with van der Waals surface area (Å²) in [6.45, 7) is 2.66. The normalized spacial score (nSPS) is 17.5. The minimum absolute atomic E-state index is 0.0115. The number of carboxylic acids is 2. The van der Waals surface area contributed by atoms with Crippen molar-refractivity contribution in [2.24, 2.45) is 10.9 Å². The maximum atomic E-state index is 14.8. The average molecular weight is 770 g/mol. The van der Waals surface area contributed by atoms with Gasteiger partial charge in [0.2, 0.25) is 5.60 Å². The van der Waals surface area contributed by atoms with Gasteiger partial charge in [-0.15, -0.1) is 11.8 Å². The third-order valence-corrected chi connectivity index (χ3v) is 10.7. The molecule has 2 amide bonds. The van der Waals surface area contributed by atoms with Gasteiger partial charge < -0.3 is 41.2 Å². The van der Waals surface area contributed by atoms with Gasteiger partial charge in [-0.3, -0.25) is 19.9 Å². The summed E-state index contributed by atoms with van der Waals surface area (Å²) in [5.41, 5.74) is 10.0. The largest absolute Gasteiger partial charge is 0.543 e. The van der Waals surface area contributed by atoms with Crippen LogP contribution < -0.4 is 26.5 Å². The molecule has 1 fully saturated rings. The molecule has 3 aromatic heterocycles. The molecule has 4 aromatic rings. The first-order chi connectivity index (χ1) is 24.5. The number of aromatic nitrogens is 3. The number of nitrogens with zero attached hydrogens (tertiary/aromatic N) is 5. The van der Waals surface area contributed by atoms with E-state index in [1.165, 1.54) is 31.7 Å². The van der Waals surface area contributed by atoms with Gasteiger partial charge >= 0.3 is 5.97 Å². The van der Waals surface area contributed by atoms with Crippen LogP contribution in [-0.4, -0.2) is 77.6 Å². The Balaban J connectivity index is 1.22. The number of fused-ring (bicyclic) bond motifs is 2. The van der Waals surface area contributed by atoms with Gasteiger partial charge in [0.05, 0.1) is 18.2 Å². The number of amidine groups is 1. The van der Waals surface area contributed by atoms with Crippen molar-refractivity contribution in [1.82, 2.24) is 19.8 Å². The van der Waals surface area contributed by atoms with Crippen LogP contribution in [0, 0.1) is 11.2 Å². The smallest absolute Gasteiger partial charge is 0.350 e. The number of nitrogens with two attached hydrogens (primary N) is 2. The molecule has 5 heterocycles. The number of pyridine rings is 1. The van der Waals surface area contributed by atoms with E-state index in [2.05, 4.69) is 15.5 Å². The first kappa shape index (κ1) is 36.3. The second kappa shape index (κ2) is 13.9. The fourth-order valence-corrected chi connectivity index (χ4v) is 7.77. The Kier molecular flexibility index (Phi) is 9.69. The first-order valence-corrected chi connectivity index (χ1v) is 17.5. The molecule has 1 saturated heterocycles. The van der Waals surface area contributed by atoms with Crippen molar-refractivity contribution in [3.63, 3.8) is 0 Å². The number of rotatable bonds is 12. The van der Waals surface area contributed by atoms with E-state index in [-0.39, 0.29) is 51.1 Å². The Hall–Kier alpha value is -5.53. The van der Waals surface area contributed by atoms with Crippen LogP contribution >= 0.6 is 34.7 Å². The number of halogens is 2. The molecule has 0 aliphatic carbocycles. The van der Waals surface area contributed by atoms with Crippen LogP contribution in [0.4, 0.5) is 9.52 Å². The number of nitrogen functional groups attached to an aromatic ring is 2. The number of thiazole rings is 1. The number of nitrogens with one attached hydrogen (secondary N) is 2. The number of β-lactam (4-membered cyclic amide) rings is 1. The Morgan fingerprint density at radius 2 is 2.06 bits per heavy atom. The standard InChI is InChI=1S/C32H29ClFN9O7S2/c1-32(2,30(48)49)50-40-21(20-24(33)52-31(37)39-20)26(44)38-22-27(45)43-23(29(46)47)17(13-51-28(22)43)10-41-7-5-14-6-8-42(19(14)12-41)11-16-4-3-15(25(35)36)9-18(16)34/h3-9,12,22,28H,10-11,13H2,1-2H3,(H7-,35,36,37,38,39,44,46,47,48,49)/t22-,28-/m1/s1. The molecule has 0 bridgehead atoms. The van der Waals surface area contributed by atoms with Crippen molar-refractivity contribution in [2.45, 2.75) is 44.0 Å². The minimum atomic E-state index is -1.85. The molecule has 7 N–H and O–H groups in total. The highest BCUT2D eigenvalue weighted by molar-refractivity contribution is 8.00. The maximum absolute atomic E-state index is 14.8. The van der Waals surface area contributed by atoms with Gasteiger partial charge in [-0.2, -0.15) is 4.57 Å². The summed E-state index contributed by atoms with van der Waals surface area (Å²) in [7, 11) is 0. The summed E-state index contributed by atoms with van der Waals surface area (Å²) in [6, 6.07) is 6.81. The molecule has 16 nitrogen and oxygen atoms in total. The molecule has 0 spiro atoms. The van der Waals surface area contributed by atoms with Crippen LogP contribution in [0.2, 0.25) is 4.34 Å². The van der Waals surface area contributed by atoms with Crippen LogP contribution in [0.15, 0.2) is 65.3 Å². The van der Waals surface area contributed by atoms with Crippen molar-refractivity contribution in [2.75, 3.05) is 11.5 Å². The number of carboxylic acid groups (broad SMARTS) is 2. The van der Waals surface area contributed by atoms with Crippen molar-refractivity contribution in [3.05, 3.63) is 87.2 Å². The second-order valence-corrected chi connectivity index (χ2v) is 15.0. The van der Waals surface area contributed by atoms with Crippen LogP contribution in [0.3, 0.4) is 0 Å². The van der Waals surface area contributed by atoms with E-state index in [0.717, 1.165) is 27.1 Å². The van der Waals surface area contributed by atoms with Crippen LogP contribution in [0.5, 0.6) is 0 Å². The van der Waals surface area contributed by atoms with Gasteiger partial charge in [0, 0.05) is 40.1 Å². The lowest BCUT2D eigenvalue weighted by Crippen LogP contribution is -2.71. The van der Waals surface area contributed by atoms with Crippen molar-refractivity contribution in [1.29, 1.82) is 5.41 Å². The van der Waals surface area contributed by atoms with E-state index in [1.54, 1.807) is 35.3 Å². The number of carbonyl (C=O) groups is 4. The van der Waals surface area contributed by atoms with E-state index in [1.807, 2.05) is 16.7 Å². The summed E-state index contributed by atoms with van der Waals surface area (Å²) in [6.07, 6.45) is 5.32. The molecule has 52 heavy (non-hydrogen) atoms. The van der Waals surface area contributed by atoms with E-state index >= 15 is 0 Å². The number of aliphatic carboxylic acids is 2. The number of oxime groups is 1. The second-order valence-electron chi connectivity index (χ2n) is 12.2. The third kappa shape index (κ3) is 6.89. The van der Waals surface area contributed by atoms with Crippen molar-refractivity contribution >= 4 is 86.0 Å². The predicted octanol–water partition coefficient (Wildman–Crippen LogP) is 0.780. The number of benzene rings is 1. The molecular weight excluding hydrogens is 741 g/mol. The van der Waals surface area contributed by atoms with E-state index in [9.17, 15) is 33.8 Å². The number of hydrogen-bond donors (Lipinski definition) is 5. The highest BCUT2D eigenvalue weighted by atomic mass is 35.5. The Bertz CT molecular complexity index is 2250. The number of thioether (sulfide) groups is 1. The minimum Gasteiger partial charge on any atom is -0.543 e.